The van der Waals surface area contributed by atoms with Crippen LogP contribution in [0.25, 0.3) is 20.8 Å². The van der Waals surface area contributed by atoms with E-state index in [1.807, 2.05) is 11.3 Å². The van der Waals surface area contributed by atoms with Crippen molar-refractivity contribution in [3.63, 3.8) is 0 Å². The second kappa shape index (κ2) is 11.5. The van der Waals surface area contributed by atoms with Gasteiger partial charge >= 0.3 is 0 Å². The number of rotatable bonds is 7. The number of hydrogen-bond donors (Lipinski definition) is 0. The monoisotopic (exact) mass is 510 g/mol. The van der Waals surface area contributed by atoms with Crippen LogP contribution in [0.4, 0.5) is 5.69 Å². The van der Waals surface area contributed by atoms with Gasteiger partial charge in [0.15, 0.2) is 13.1 Å². The van der Waals surface area contributed by atoms with E-state index in [2.05, 4.69) is 57.4 Å². The molecular weight excluding hydrogens is 470 g/mol. The lowest BCUT2D eigenvalue weighted by atomic mass is 10.1. The van der Waals surface area contributed by atoms with Crippen LogP contribution in [0.15, 0.2) is 24.3 Å². The molecule has 0 radical (unpaired) electrons. The molecule has 0 atom stereocenters. The molecule has 2 saturated heterocycles. The molecule has 3 aliphatic heterocycles. The van der Waals surface area contributed by atoms with Gasteiger partial charge in [0.2, 0.25) is 5.36 Å². The summed E-state index contributed by atoms with van der Waals surface area (Å²) in [5.74, 6) is 0. The summed E-state index contributed by atoms with van der Waals surface area (Å²) in [5.41, 5.74) is 6.12. The molecule has 1 aromatic rings. The van der Waals surface area contributed by atoms with Crippen LogP contribution < -0.4 is 14.8 Å². The first-order valence-electron chi connectivity index (χ1n) is 13.2. The molecule has 0 N–H and O–H groups in total. The Kier molecular flexibility index (Phi) is 8.18. The van der Waals surface area contributed by atoms with Crippen LogP contribution in [0.1, 0.15) is 11.1 Å². The van der Waals surface area contributed by atoms with Crippen LogP contribution in [0, 0.1) is 13.8 Å². The quantitative estimate of drug-likeness (QED) is 0.360. The van der Waals surface area contributed by atoms with Gasteiger partial charge in [-0.1, -0.05) is 0 Å². The summed E-state index contributed by atoms with van der Waals surface area (Å²) in [7, 11) is 3.56. The molecule has 36 heavy (non-hydrogen) atoms. The molecule has 0 unspecified atom stereocenters. The molecule has 4 aliphatic rings. The van der Waals surface area contributed by atoms with Crippen molar-refractivity contribution in [1.82, 2.24) is 19.4 Å². The lowest BCUT2D eigenvalue weighted by molar-refractivity contribution is 0.134. The van der Waals surface area contributed by atoms with E-state index in [9.17, 15) is 0 Å². The van der Waals surface area contributed by atoms with Gasteiger partial charge in [-0.2, -0.15) is 0 Å². The number of methoxy groups -OCH3 is 2. The molecule has 1 aromatic carbocycles. The topological polar surface area (TPSA) is 44.1 Å². The second-order valence-corrected chi connectivity index (χ2v) is 11.2. The number of fused-ring (bicyclic) bond motifs is 2. The van der Waals surface area contributed by atoms with E-state index >= 15 is 0 Å². The zero-order valence-corrected chi connectivity index (χ0v) is 23.1. The maximum atomic E-state index is 5.26. The third kappa shape index (κ3) is 5.58. The van der Waals surface area contributed by atoms with E-state index in [1.165, 1.54) is 31.7 Å². The van der Waals surface area contributed by atoms with Gasteiger partial charge in [0.25, 0.3) is 0 Å². The van der Waals surface area contributed by atoms with Crippen LogP contribution in [0.3, 0.4) is 0 Å². The third-order valence-corrected chi connectivity index (χ3v) is 8.70. The number of aryl methyl sites for hydroxylation is 2. The lowest BCUT2D eigenvalue weighted by Crippen LogP contribution is -2.48. The fourth-order valence-electron chi connectivity index (χ4n) is 5.40. The number of ether oxygens (including phenoxy) is 2. The molecule has 3 heterocycles. The Hall–Kier alpha value is -2.10. The summed E-state index contributed by atoms with van der Waals surface area (Å²) in [4.78, 5) is 14.0. The Morgan fingerprint density at radius 2 is 1.50 bits per heavy atom. The first-order chi connectivity index (χ1) is 17.6. The van der Waals surface area contributed by atoms with Gasteiger partial charge in [-0.25, -0.2) is 9.56 Å². The van der Waals surface area contributed by atoms with Crippen LogP contribution in [-0.2, 0) is 9.47 Å². The highest BCUT2D eigenvalue weighted by Gasteiger charge is 2.22. The zero-order chi connectivity index (χ0) is 25.1. The molecule has 5 rings (SSSR count). The minimum absolute atomic E-state index is 0.806. The molecule has 7 nitrogen and oxygen atoms in total. The van der Waals surface area contributed by atoms with E-state index in [0.717, 1.165) is 89.9 Å². The lowest BCUT2D eigenvalue weighted by Gasteiger charge is -2.36. The Morgan fingerprint density at radius 1 is 0.833 bits per heavy atom. The molecule has 0 amide bonds. The van der Waals surface area contributed by atoms with Crippen molar-refractivity contribution >= 4 is 27.2 Å². The average molecular weight is 511 g/mol. The molecule has 1 aliphatic carbocycles. The fraction of sp³-hybridized carbons (Fsp3) is 0.571. The molecule has 0 bridgehead atoms. The zero-order valence-electron chi connectivity index (χ0n) is 22.3. The van der Waals surface area contributed by atoms with E-state index < -0.39 is 0 Å². The number of benzene rings is 2. The van der Waals surface area contributed by atoms with Gasteiger partial charge < -0.3 is 14.4 Å². The van der Waals surface area contributed by atoms with E-state index in [4.69, 9.17) is 14.5 Å². The first-order valence-corrected chi connectivity index (χ1v) is 14.0. The van der Waals surface area contributed by atoms with Gasteiger partial charge in [-0.3, -0.25) is 9.80 Å². The molecule has 0 saturated carbocycles. The second-order valence-electron chi connectivity index (χ2n) is 10.1. The van der Waals surface area contributed by atoms with E-state index in [0.29, 0.717) is 0 Å². The van der Waals surface area contributed by atoms with E-state index in [1.54, 1.807) is 14.2 Å². The van der Waals surface area contributed by atoms with E-state index in [-0.39, 0.29) is 0 Å². The number of aromatic nitrogens is 1. The van der Waals surface area contributed by atoms with Crippen molar-refractivity contribution in [1.29, 1.82) is 0 Å². The van der Waals surface area contributed by atoms with Crippen molar-refractivity contribution in [2.75, 3.05) is 97.8 Å². The molecule has 194 valence electrons. The standard InChI is InChI=1S/C28H40N5O2S/c1-21-17-23(32-9-5-30(6-10-32)13-15-34-3)19-25-27(21)29-28-22(2)18-24(20-26(28)36-25)33-11-7-31(8-12-33)14-16-35-4/h17-20H,5-16H2,1-4H3/q+1. The minimum Gasteiger partial charge on any atom is -0.383 e. The van der Waals surface area contributed by atoms with Crippen molar-refractivity contribution in [2.24, 2.45) is 0 Å². The summed E-state index contributed by atoms with van der Waals surface area (Å²) in [6, 6.07) is 9.37. The largest absolute Gasteiger partial charge is 0.383 e. The van der Waals surface area contributed by atoms with Crippen LogP contribution in [0.5, 0.6) is 0 Å². The maximum Gasteiger partial charge on any atom is 0.201 e. The summed E-state index contributed by atoms with van der Waals surface area (Å²) < 4.78 is 14.3. The fourth-order valence-corrected chi connectivity index (χ4v) is 6.60. The third-order valence-electron chi connectivity index (χ3n) is 7.64. The predicted molar refractivity (Wildman–Crippen MR) is 150 cm³/mol. The molecule has 8 heteroatoms. The minimum atomic E-state index is 0.806. The SMILES string of the molecule is COCCN1CCN(c2cc(C)c3nc4c(C)cc(=[N+]5CCN(CCOC)CC5)cc-4sc3c2)CC1. The van der Waals surface area contributed by atoms with Gasteiger partial charge in [-0.15, -0.1) is 11.3 Å². The number of piperazine rings is 2. The van der Waals surface area contributed by atoms with Crippen molar-refractivity contribution < 1.29 is 9.47 Å². The summed E-state index contributed by atoms with van der Waals surface area (Å²) in [6.07, 6.45) is 0. The number of nitrogens with zero attached hydrogens (tertiary/aromatic N) is 5. The van der Waals surface area contributed by atoms with Crippen LogP contribution in [-0.4, -0.2) is 108 Å². The van der Waals surface area contributed by atoms with Gasteiger partial charge in [0, 0.05) is 71.3 Å². The Bertz CT molecular complexity index is 1220. The van der Waals surface area contributed by atoms with Crippen molar-refractivity contribution in [3.05, 3.63) is 40.7 Å². The highest BCUT2D eigenvalue weighted by Crippen LogP contribution is 2.35. The smallest absolute Gasteiger partial charge is 0.201 e. The van der Waals surface area contributed by atoms with Gasteiger partial charge in [-0.05, 0) is 37.1 Å². The average Bonchev–Trinajstić information content (AvgIpc) is 2.90. The van der Waals surface area contributed by atoms with Gasteiger partial charge in [0.05, 0.1) is 47.1 Å². The molecule has 0 aromatic heterocycles. The summed E-state index contributed by atoms with van der Waals surface area (Å²) in [6.45, 7) is 16.6. The van der Waals surface area contributed by atoms with Crippen molar-refractivity contribution in [3.8, 4) is 10.6 Å². The van der Waals surface area contributed by atoms with Crippen LogP contribution in [0.2, 0.25) is 0 Å². The van der Waals surface area contributed by atoms with Gasteiger partial charge in [0.1, 0.15) is 0 Å². The number of hydrogen-bond acceptors (Lipinski definition) is 7. The Balaban J connectivity index is 1.43. The Labute approximate surface area is 218 Å². The van der Waals surface area contributed by atoms with Crippen LogP contribution >= 0.6 is 11.3 Å². The highest BCUT2D eigenvalue weighted by molar-refractivity contribution is 7.21. The molecular formula is C28H40N5O2S+. The van der Waals surface area contributed by atoms with Crippen molar-refractivity contribution in [2.45, 2.75) is 13.8 Å². The Morgan fingerprint density at radius 3 is 2.17 bits per heavy atom. The maximum absolute atomic E-state index is 5.26. The highest BCUT2D eigenvalue weighted by atomic mass is 32.1. The first kappa shape index (κ1) is 25.5. The summed E-state index contributed by atoms with van der Waals surface area (Å²) >= 11 is 1.89. The molecule has 2 fully saturated rings. The predicted octanol–water partition coefficient (Wildman–Crippen LogP) is 2.52. The molecule has 0 spiro atoms. The summed E-state index contributed by atoms with van der Waals surface area (Å²) in [5, 5.41) is 1.32. The number of anilines is 1. The normalized spacial score (nSPS) is 18.0.